The van der Waals surface area contributed by atoms with Crippen LogP contribution in [0.4, 0.5) is 10.5 Å². The number of anilines is 1. The zero-order valence-electron chi connectivity index (χ0n) is 16.4. The number of carbonyl (C=O) groups excluding carboxylic acids is 3. The molecule has 3 aromatic rings. The Kier molecular flexibility index (Phi) is 6.33. The summed E-state index contributed by atoms with van der Waals surface area (Å²) in [4.78, 5) is 38.5. The van der Waals surface area contributed by atoms with Crippen LogP contribution < -0.4 is 10.2 Å². The minimum absolute atomic E-state index is 0.172. The zero-order chi connectivity index (χ0) is 22.8. The molecule has 1 saturated heterocycles. The lowest BCUT2D eigenvalue weighted by Crippen LogP contribution is -2.54. The quantitative estimate of drug-likeness (QED) is 0.369. The SMILES string of the molecule is O=C1NC(=O)N(c2ccc(Cl)c(Cl)c2)C(=O)/C1=C/c1ccc(Cc2ccccc2Cl)cc1. The lowest BCUT2D eigenvalue weighted by Gasteiger charge is -2.26. The highest BCUT2D eigenvalue weighted by Gasteiger charge is 2.37. The molecule has 1 aliphatic heterocycles. The molecule has 1 fully saturated rings. The van der Waals surface area contributed by atoms with Crippen LogP contribution in [0.5, 0.6) is 0 Å². The van der Waals surface area contributed by atoms with E-state index in [1.54, 1.807) is 12.1 Å². The Labute approximate surface area is 199 Å². The predicted molar refractivity (Wildman–Crippen MR) is 126 cm³/mol. The molecule has 0 unspecified atom stereocenters. The summed E-state index contributed by atoms with van der Waals surface area (Å²) in [7, 11) is 0. The molecule has 0 saturated carbocycles. The molecule has 8 heteroatoms. The molecule has 160 valence electrons. The standard InChI is InChI=1S/C24H15Cl3N2O3/c25-19-4-2-1-3-16(19)11-14-5-7-15(8-6-14)12-18-22(30)28-24(32)29(23(18)31)17-9-10-20(26)21(27)13-17/h1-10,12-13H,11H2,(H,28,30,32)/b18-12+. The van der Waals surface area contributed by atoms with Crippen LogP contribution in [0.2, 0.25) is 15.1 Å². The van der Waals surface area contributed by atoms with Crippen molar-refractivity contribution in [2.45, 2.75) is 6.42 Å². The van der Waals surface area contributed by atoms with Crippen LogP contribution in [0.15, 0.2) is 72.3 Å². The second-order valence-electron chi connectivity index (χ2n) is 7.07. The van der Waals surface area contributed by atoms with Crippen molar-refractivity contribution in [2.75, 3.05) is 4.90 Å². The van der Waals surface area contributed by atoms with Gasteiger partial charge in [-0.05, 0) is 53.5 Å². The normalized spacial score (nSPS) is 15.3. The van der Waals surface area contributed by atoms with Crippen LogP contribution >= 0.6 is 34.8 Å². The van der Waals surface area contributed by atoms with E-state index in [1.165, 1.54) is 24.3 Å². The Hall–Kier alpha value is -3.12. The smallest absolute Gasteiger partial charge is 0.273 e. The van der Waals surface area contributed by atoms with Gasteiger partial charge >= 0.3 is 6.03 Å². The van der Waals surface area contributed by atoms with Crippen LogP contribution in [0.3, 0.4) is 0 Å². The molecule has 4 rings (SSSR count). The number of hydrogen-bond acceptors (Lipinski definition) is 3. The van der Waals surface area contributed by atoms with Crippen molar-refractivity contribution >= 4 is 64.4 Å². The van der Waals surface area contributed by atoms with Gasteiger partial charge in [0, 0.05) is 5.02 Å². The summed E-state index contributed by atoms with van der Waals surface area (Å²) in [6.45, 7) is 0. The fourth-order valence-electron chi connectivity index (χ4n) is 3.28. The van der Waals surface area contributed by atoms with Crippen molar-refractivity contribution in [3.05, 3.63) is 104 Å². The summed E-state index contributed by atoms with van der Waals surface area (Å²) < 4.78 is 0. The van der Waals surface area contributed by atoms with Crippen molar-refractivity contribution in [1.29, 1.82) is 0 Å². The van der Waals surface area contributed by atoms with E-state index in [4.69, 9.17) is 34.8 Å². The van der Waals surface area contributed by atoms with Crippen LogP contribution in [0, 0.1) is 0 Å². The molecular weight excluding hydrogens is 471 g/mol. The largest absolute Gasteiger partial charge is 0.335 e. The Morgan fingerprint density at radius 2 is 1.53 bits per heavy atom. The van der Waals surface area contributed by atoms with Gasteiger partial charge in [0.05, 0.1) is 15.7 Å². The first-order chi connectivity index (χ1) is 15.3. The molecule has 5 nitrogen and oxygen atoms in total. The number of barbiturate groups is 1. The number of imide groups is 2. The second-order valence-corrected chi connectivity index (χ2v) is 8.29. The number of urea groups is 1. The molecule has 1 aliphatic rings. The summed E-state index contributed by atoms with van der Waals surface area (Å²) in [5.41, 5.74) is 2.69. The molecule has 0 aliphatic carbocycles. The van der Waals surface area contributed by atoms with Gasteiger partial charge in [0.2, 0.25) is 0 Å². The zero-order valence-corrected chi connectivity index (χ0v) is 18.7. The molecule has 0 atom stereocenters. The van der Waals surface area contributed by atoms with E-state index in [9.17, 15) is 14.4 Å². The van der Waals surface area contributed by atoms with E-state index >= 15 is 0 Å². The Morgan fingerprint density at radius 3 is 2.22 bits per heavy atom. The van der Waals surface area contributed by atoms with Gasteiger partial charge in [0.1, 0.15) is 5.57 Å². The van der Waals surface area contributed by atoms with E-state index in [-0.39, 0.29) is 21.3 Å². The van der Waals surface area contributed by atoms with Crippen molar-refractivity contribution in [1.82, 2.24) is 5.32 Å². The van der Waals surface area contributed by atoms with Crippen LogP contribution in [-0.4, -0.2) is 17.8 Å². The van der Waals surface area contributed by atoms with Gasteiger partial charge in [-0.15, -0.1) is 0 Å². The van der Waals surface area contributed by atoms with Gasteiger partial charge in [-0.2, -0.15) is 0 Å². The molecule has 0 spiro atoms. The summed E-state index contributed by atoms with van der Waals surface area (Å²) in [6.07, 6.45) is 2.09. The molecule has 32 heavy (non-hydrogen) atoms. The summed E-state index contributed by atoms with van der Waals surface area (Å²) in [6, 6.07) is 18.4. The van der Waals surface area contributed by atoms with Crippen molar-refractivity contribution in [2.24, 2.45) is 0 Å². The summed E-state index contributed by atoms with van der Waals surface area (Å²) >= 11 is 18.2. The van der Waals surface area contributed by atoms with Crippen molar-refractivity contribution in [3.8, 4) is 0 Å². The van der Waals surface area contributed by atoms with Gasteiger partial charge in [-0.3, -0.25) is 14.9 Å². The number of rotatable bonds is 4. The average molecular weight is 486 g/mol. The molecular formula is C24H15Cl3N2O3. The molecule has 3 aromatic carbocycles. The Balaban J connectivity index is 1.60. The highest BCUT2D eigenvalue weighted by Crippen LogP contribution is 2.29. The number of hydrogen-bond donors (Lipinski definition) is 1. The summed E-state index contributed by atoms with van der Waals surface area (Å²) in [5, 5.41) is 3.33. The third-order valence-electron chi connectivity index (χ3n) is 4.91. The molecule has 1 heterocycles. The Bertz CT molecular complexity index is 1270. The molecule has 0 bridgehead atoms. The van der Waals surface area contributed by atoms with Gasteiger partial charge in [-0.1, -0.05) is 77.3 Å². The number of carbonyl (C=O) groups is 3. The predicted octanol–water partition coefficient (Wildman–Crippen LogP) is 5.90. The third-order valence-corrected chi connectivity index (χ3v) is 6.01. The molecule has 0 aromatic heterocycles. The number of benzene rings is 3. The minimum atomic E-state index is -0.856. The molecule has 1 N–H and O–H groups in total. The van der Waals surface area contributed by atoms with Gasteiger partial charge in [0.25, 0.3) is 11.8 Å². The van der Waals surface area contributed by atoms with E-state index in [1.807, 2.05) is 36.4 Å². The van der Waals surface area contributed by atoms with Gasteiger partial charge in [-0.25, -0.2) is 9.69 Å². The lowest BCUT2D eigenvalue weighted by atomic mass is 10.0. The lowest BCUT2D eigenvalue weighted by molar-refractivity contribution is -0.122. The third kappa shape index (κ3) is 4.55. The highest BCUT2D eigenvalue weighted by molar-refractivity contribution is 6.43. The van der Waals surface area contributed by atoms with Gasteiger partial charge in [0.15, 0.2) is 0 Å². The average Bonchev–Trinajstić information content (AvgIpc) is 2.76. The second kappa shape index (κ2) is 9.17. The number of halogens is 3. The Morgan fingerprint density at radius 1 is 0.812 bits per heavy atom. The maximum atomic E-state index is 13.0. The maximum Gasteiger partial charge on any atom is 0.335 e. The first-order valence-corrected chi connectivity index (χ1v) is 10.7. The molecule has 4 amide bonds. The first-order valence-electron chi connectivity index (χ1n) is 9.52. The van der Waals surface area contributed by atoms with E-state index in [2.05, 4.69) is 5.32 Å². The topological polar surface area (TPSA) is 66.5 Å². The van der Waals surface area contributed by atoms with Crippen LogP contribution in [-0.2, 0) is 16.0 Å². The number of nitrogens with one attached hydrogen (secondary N) is 1. The van der Waals surface area contributed by atoms with Crippen molar-refractivity contribution < 1.29 is 14.4 Å². The van der Waals surface area contributed by atoms with Crippen LogP contribution in [0.25, 0.3) is 6.08 Å². The van der Waals surface area contributed by atoms with Gasteiger partial charge < -0.3 is 0 Å². The van der Waals surface area contributed by atoms with Crippen molar-refractivity contribution in [3.63, 3.8) is 0 Å². The monoisotopic (exact) mass is 484 g/mol. The fraction of sp³-hybridized carbons (Fsp3) is 0.0417. The molecule has 0 radical (unpaired) electrons. The highest BCUT2D eigenvalue weighted by atomic mass is 35.5. The number of nitrogens with zero attached hydrogens (tertiary/aromatic N) is 1. The summed E-state index contributed by atoms with van der Waals surface area (Å²) in [5.74, 6) is -1.52. The van der Waals surface area contributed by atoms with E-state index < -0.39 is 17.8 Å². The minimum Gasteiger partial charge on any atom is -0.273 e. The first kappa shape index (κ1) is 22.1. The van der Waals surface area contributed by atoms with E-state index in [0.717, 1.165) is 16.0 Å². The van der Waals surface area contributed by atoms with Crippen LogP contribution in [0.1, 0.15) is 16.7 Å². The fourth-order valence-corrected chi connectivity index (χ4v) is 3.77. The van der Waals surface area contributed by atoms with E-state index in [0.29, 0.717) is 17.0 Å². The maximum absolute atomic E-state index is 13.0. The number of amides is 4.